The molecule has 8 nitrogen and oxygen atoms in total. The fourth-order valence-electron chi connectivity index (χ4n) is 3.56. The Kier molecular flexibility index (Phi) is 5.71. The molecule has 1 aliphatic rings. The largest absolute Gasteiger partial charge is 0.497 e. The summed E-state index contributed by atoms with van der Waals surface area (Å²) in [4.78, 5) is 11.9. The van der Waals surface area contributed by atoms with Crippen molar-refractivity contribution in [1.29, 1.82) is 0 Å². The molecular weight excluding hydrogens is 382 g/mol. The van der Waals surface area contributed by atoms with Crippen molar-refractivity contribution in [3.8, 4) is 22.8 Å². The normalized spacial score (nSPS) is 12.1. The smallest absolute Gasteiger partial charge is 0.354 e. The molecule has 0 bridgehead atoms. The number of carbonyl (C=O) groups is 1. The molecule has 0 amide bonds. The maximum Gasteiger partial charge on any atom is 0.354 e. The van der Waals surface area contributed by atoms with Crippen LogP contribution in [0.3, 0.4) is 0 Å². The number of ether oxygens (including phenoxy) is 1. The van der Waals surface area contributed by atoms with E-state index in [2.05, 4.69) is 10.2 Å². The van der Waals surface area contributed by atoms with E-state index in [-0.39, 0.29) is 18.1 Å². The number of rotatable bonds is 6. The molecule has 0 fully saturated rings. The van der Waals surface area contributed by atoms with Crippen molar-refractivity contribution >= 4 is 18.4 Å². The van der Waals surface area contributed by atoms with Gasteiger partial charge in [-0.2, -0.15) is 10.2 Å². The van der Waals surface area contributed by atoms with E-state index >= 15 is 0 Å². The fraction of sp³-hybridized carbons (Fsp3) is 0.316. The predicted octanol–water partition coefficient (Wildman–Crippen LogP) is 2.31. The van der Waals surface area contributed by atoms with Gasteiger partial charge in [0.1, 0.15) is 17.1 Å². The number of carboxylic acids is 1. The van der Waals surface area contributed by atoms with Crippen LogP contribution in [0.15, 0.2) is 30.5 Å². The number of aromatic nitrogens is 4. The Balaban J connectivity index is 0.00000225. The number of hydrogen-bond donors (Lipinski definition) is 2. The van der Waals surface area contributed by atoms with Crippen molar-refractivity contribution in [2.24, 2.45) is 5.73 Å². The van der Waals surface area contributed by atoms with Crippen LogP contribution in [0.1, 0.15) is 28.0 Å². The Morgan fingerprint density at radius 2 is 2.04 bits per heavy atom. The first-order chi connectivity index (χ1) is 13.1. The molecule has 3 N–H and O–H groups in total. The zero-order chi connectivity index (χ0) is 19.0. The first-order valence-corrected chi connectivity index (χ1v) is 8.88. The standard InChI is InChI=1S/C19H21N5O3.ClH/c1-27-14-6-4-13(5-7-14)24-17-12(11-21-24)3-8-15-16(17)22-23(10-2-9-20)18(15)19(25)26;/h4-7,11H,2-3,8-10,20H2,1H3,(H,25,26);1H. The highest BCUT2D eigenvalue weighted by Crippen LogP contribution is 2.36. The van der Waals surface area contributed by atoms with E-state index in [9.17, 15) is 9.90 Å². The number of aromatic carboxylic acids is 1. The number of aryl methyl sites for hydroxylation is 2. The Bertz CT molecular complexity index is 994. The van der Waals surface area contributed by atoms with E-state index in [4.69, 9.17) is 10.5 Å². The van der Waals surface area contributed by atoms with Gasteiger partial charge in [-0.1, -0.05) is 0 Å². The van der Waals surface area contributed by atoms with Gasteiger partial charge in [0.15, 0.2) is 0 Å². The lowest BCUT2D eigenvalue weighted by Crippen LogP contribution is -2.14. The first kappa shape index (κ1) is 19.9. The van der Waals surface area contributed by atoms with Gasteiger partial charge in [-0.15, -0.1) is 12.4 Å². The number of hydrogen-bond acceptors (Lipinski definition) is 5. The third-order valence-electron chi connectivity index (χ3n) is 4.86. The van der Waals surface area contributed by atoms with Gasteiger partial charge >= 0.3 is 5.97 Å². The topological polar surface area (TPSA) is 108 Å². The molecule has 2 aromatic heterocycles. The number of benzene rings is 1. The lowest BCUT2D eigenvalue weighted by Gasteiger charge is -2.14. The van der Waals surface area contributed by atoms with Crippen LogP contribution < -0.4 is 10.5 Å². The lowest BCUT2D eigenvalue weighted by atomic mass is 9.94. The summed E-state index contributed by atoms with van der Waals surface area (Å²) in [5.41, 5.74) is 10.1. The summed E-state index contributed by atoms with van der Waals surface area (Å²) in [7, 11) is 1.62. The number of nitrogens with zero attached hydrogens (tertiary/aromatic N) is 4. The highest BCUT2D eigenvalue weighted by atomic mass is 35.5. The zero-order valence-electron chi connectivity index (χ0n) is 15.5. The van der Waals surface area contributed by atoms with Crippen LogP contribution in [0.4, 0.5) is 0 Å². The maximum absolute atomic E-state index is 11.9. The molecule has 1 aliphatic carbocycles. The summed E-state index contributed by atoms with van der Waals surface area (Å²) in [6.07, 6.45) is 3.88. The van der Waals surface area contributed by atoms with Crippen molar-refractivity contribution in [3.63, 3.8) is 0 Å². The lowest BCUT2D eigenvalue weighted by molar-refractivity contribution is 0.0681. The first-order valence-electron chi connectivity index (χ1n) is 8.88. The SMILES string of the molecule is COc1ccc(-n2ncc3c2-c2nn(CCCN)c(C(=O)O)c2CC3)cc1.Cl. The second-order valence-electron chi connectivity index (χ2n) is 6.47. The Hall–Kier alpha value is -2.84. The van der Waals surface area contributed by atoms with Crippen molar-refractivity contribution in [2.75, 3.05) is 13.7 Å². The van der Waals surface area contributed by atoms with Crippen LogP contribution in [0.2, 0.25) is 0 Å². The van der Waals surface area contributed by atoms with E-state index in [1.54, 1.807) is 11.8 Å². The van der Waals surface area contributed by atoms with Crippen LogP contribution in [-0.4, -0.2) is 44.3 Å². The van der Waals surface area contributed by atoms with E-state index in [1.807, 2.05) is 35.1 Å². The summed E-state index contributed by atoms with van der Waals surface area (Å²) in [6.45, 7) is 0.968. The van der Waals surface area contributed by atoms with Crippen molar-refractivity contribution in [3.05, 3.63) is 47.3 Å². The second kappa shape index (κ2) is 8.04. The maximum atomic E-state index is 11.9. The average Bonchev–Trinajstić information content (AvgIpc) is 3.27. The monoisotopic (exact) mass is 403 g/mol. The minimum atomic E-state index is -0.959. The predicted molar refractivity (Wildman–Crippen MR) is 107 cm³/mol. The number of fused-ring (bicyclic) bond motifs is 3. The minimum Gasteiger partial charge on any atom is -0.497 e. The molecule has 2 heterocycles. The number of carboxylic acid groups (broad SMARTS) is 1. The Labute approximate surface area is 168 Å². The molecule has 1 aromatic carbocycles. The van der Waals surface area contributed by atoms with Crippen LogP contribution >= 0.6 is 12.4 Å². The molecule has 0 unspecified atom stereocenters. The van der Waals surface area contributed by atoms with E-state index in [0.29, 0.717) is 31.6 Å². The Morgan fingerprint density at radius 3 is 2.68 bits per heavy atom. The summed E-state index contributed by atoms with van der Waals surface area (Å²) in [6, 6.07) is 7.58. The molecule has 0 spiro atoms. The van der Waals surface area contributed by atoms with Crippen LogP contribution in [0, 0.1) is 0 Å². The van der Waals surface area contributed by atoms with Gasteiger partial charge in [0, 0.05) is 17.7 Å². The van der Waals surface area contributed by atoms with Gasteiger partial charge in [0.05, 0.1) is 24.7 Å². The quantitative estimate of drug-likeness (QED) is 0.653. The van der Waals surface area contributed by atoms with E-state index in [1.165, 1.54) is 0 Å². The molecule has 28 heavy (non-hydrogen) atoms. The summed E-state index contributed by atoms with van der Waals surface area (Å²) in [5.74, 6) is -0.195. The Morgan fingerprint density at radius 1 is 1.29 bits per heavy atom. The average molecular weight is 404 g/mol. The van der Waals surface area contributed by atoms with Gasteiger partial charge in [0.25, 0.3) is 0 Å². The molecule has 4 rings (SSSR count). The molecule has 9 heteroatoms. The molecular formula is C19H22ClN5O3. The van der Waals surface area contributed by atoms with E-state index in [0.717, 1.165) is 34.7 Å². The molecule has 3 aromatic rings. The molecule has 148 valence electrons. The minimum absolute atomic E-state index is 0. The van der Waals surface area contributed by atoms with E-state index < -0.39 is 5.97 Å². The summed E-state index contributed by atoms with van der Waals surface area (Å²) in [5, 5.41) is 18.9. The zero-order valence-corrected chi connectivity index (χ0v) is 16.3. The van der Waals surface area contributed by atoms with Gasteiger partial charge in [-0.3, -0.25) is 4.68 Å². The molecule has 0 aliphatic heterocycles. The molecule has 0 saturated carbocycles. The van der Waals surface area contributed by atoms with Crippen molar-refractivity contribution < 1.29 is 14.6 Å². The van der Waals surface area contributed by atoms with Gasteiger partial charge in [0.2, 0.25) is 0 Å². The van der Waals surface area contributed by atoms with Crippen molar-refractivity contribution in [2.45, 2.75) is 25.8 Å². The fourth-order valence-corrected chi connectivity index (χ4v) is 3.56. The summed E-state index contributed by atoms with van der Waals surface area (Å²) >= 11 is 0. The van der Waals surface area contributed by atoms with Crippen LogP contribution in [0.5, 0.6) is 5.75 Å². The van der Waals surface area contributed by atoms with Gasteiger partial charge in [-0.05, 0) is 50.1 Å². The molecule has 0 radical (unpaired) electrons. The molecule has 0 atom stereocenters. The van der Waals surface area contributed by atoms with Crippen LogP contribution in [0.25, 0.3) is 17.1 Å². The van der Waals surface area contributed by atoms with Crippen LogP contribution in [-0.2, 0) is 19.4 Å². The van der Waals surface area contributed by atoms with Gasteiger partial charge in [-0.25, -0.2) is 9.48 Å². The third-order valence-corrected chi connectivity index (χ3v) is 4.86. The van der Waals surface area contributed by atoms with Crippen molar-refractivity contribution in [1.82, 2.24) is 19.6 Å². The highest BCUT2D eigenvalue weighted by Gasteiger charge is 2.31. The number of halogens is 1. The second-order valence-corrected chi connectivity index (χ2v) is 6.47. The van der Waals surface area contributed by atoms with Gasteiger partial charge < -0.3 is 15.6 Å². The third kappa shape index (κ3) is 3.25. The molecule has 0 saturated heterocycles. The summed E-state index contributed by atoms with van der Waals surface area (Å²) < 4.78 is 8.61. The highest BCUT2D eigenvalue weighted by molar-refractivity contribution is 5.90. The number of methoxy groups -OCH3 is 1. The number of nitrogens with two attached hydrogens (primary N) is 1.